The van der Waals surface area contributed by atoms with E-state index in [2.05, 4.69) is 20.9 Å². The minimum absolute atomic E-state index is 0.0990. The quantitative estimate of drug-likeness (QED) is 0.715. The molecule has 1 aliphatic rings. The highest BCUT2D eigenvalue weighted by molar-refractivity contribution is 5.99. The average molecular weight is 381 g/mol. The number of hydrogen-bond acceptors (Lipinski definition) is 4. The molecule has 0 aliphatic heterocycles. The standard InChI is InChI=1S/C20H23N5O3/c1-13-9-10-21-17(11-13)24-18(26)12-25(2)19(27)14-3-5-15(6-4-14)22-20(28)23-16-7-8-16/h3-6,9-11,16H,7-8,12H2,1-2H3,(H,21,24,26)(H2,22,23,28). The maximum atomic E-state index is 12.5. The molecule has 0 unspecified atom stereocenters. The molecule has 1 heterocycles. The zero-order valence-electron chi connectivity index (χ0n) is 15.9. The molecule has 0 spiro atoms. The molecular weight excluding hydrogens is 358 g/mol. The van der Waals surface area contributed by atoms with Crippen molar-refractivity contribution in [1.29, 1.82) is 0 Å². The molecule has 3 N–H and O–H groups in total. The van der Waals surface area contributed by atoms with Crippen LogP contribution in [0.4, 0.5) is 16.3 Å². The minimum atomic E-state index is -0.330. The number of carbonyl (C=O) groups excluding carboxylic acids is 3. The van der Waals surface area contributed by atoms with Crippen molar-refractivity contribution in [2.45, 2.75) is 25.8 Å². The van der Waals surface area contributed by atoms with Crippen LogP contribution in [0.2, 0.25) is 0 Å². The minimum Gasteiger partial charge on any atom is -0.335 e. The molecule has 4 amide bonds. The van der Waals surface area contributed by atoms with Gasteiger partial charge in [0.2, 0.25) is 5.91 Å². The van der Waals surface area contributed by atoms with Crippen LogP contribution in [0.3, 0.4) is 0 Å². The van der Waals surface area contributed by atoms with Crippen LogP contribution in [-0.2, 0) is 4.79 Å². The van der Waals surface area contributed by atoms with Crippen molar-refractivity contribution in [2.24, 2.45) is 0 Å². The van der Waals surface area contributed by atoms with Crippen molar-refractivity contribution in [1.82, 2.24) is 15.2 Å². The Morgan fingerprint density at radius 3 is 2.46 bits per heavy atom. The Hall–Kier alpha value is -3.42. The lowest BCUT2D eigenvalue weighted by molar-refractivity contribution is -0.116. The summed E-state index contributed by atoms with van der Waals surface area (Å²) in [5.41, 5.74) is 2.01. The van der Waals surface area contributed by atoms with Crippen LogP contribution in [0.5, 0.6) is 0 Å². The summed E-state index contributed by atoms with van der Waals surface area (Å²) in [7, 11) is 1.56. The second-order valence-electron chi connectivity index (χ2n) is 6.88. The van der Waals surface area contributed by atoms with E-state index in [1.807, 2.05) is 13.0 Å². The van der Waals surface area contributed by atoms with Crippen LogP contribution >= 0.6 is 0 Å². The molecule has 146 valence electrons. The Morgan fingerprint density at radius 1 is 1.11 bits per heavy atom. The van der Waals surface area contributed by atoms with Gasteiger partial charge in [0.1, 0.15) is 5.82 Å². The lowest BCUT2D eigenvalue weighted by atomic mass is 10.2. The number of amides is 4. The molecule has 1 aromatic heterocycles. The molecule has 1 fully saturated rings. The van der Waals surface area contributed by atoms with E-state index < -0.39 is 0 Å². The number of urea groups is 1. The number of anilines is 2. The topological polar surface area (TPSA) is 103 Å². The van der Waals surface area contributed by atoms with Gasteiger partial charge in [0.05, 0.1) is 6.54 Å². The average Bonchev–Trinajstić information content (AvgIpc) is 3.45. The van der Waals surface area contributed by atoms with E-state index in [0.717, 1.165) is 18.4 Å². The lowest BCUT2D eigenvalue weighted by Crippen LogP contribution is -2.35. The van der Waals surface area contributed by atoms with E-state index in [4.69, 9.17) is 0 Å². The number of hydrogen-bond donors (Lipinski definition) is 3. The van der Waals surface area contributed by atoms with Crippen molar-refractivity contribution in [3.63, 3.8) is 0 Å². The van der Waals surface area contributed by atoms with Gasteiger partial charge in [0.25, 0.3) is 5.91 Å². The summed E-state index contributed by atoms with van der Waals surface area (Å²) in [6.45, 7) is 1.80. The number of aromatic nitrogens is 1. The fourth-order valence-corrected chi connectivity index (χ4v) is 2.57. The molecule has 1 saturated carbocycles. The Balaban J connectivity index is 1.52. The molecule has 0 bridgehead atoms. The third-order valence-electron chi connectivity index (χ3n) is 4.21. The second kappa shape index (κ2) is 8.51. The first-order valence-corrected chi connectivity index (χ1v) is 9.06. The van der Waals surface area contributed by atoms with Gasteiger partial charge in [0.15, 0.2) is 0 Å². The predicted octanol–water partition coefficient (Wildman–Crippen LogP) is 2.38. The third kappa shape index (κ3) is 5.54. The van der Waals surface area contributed by atoms with Crippen molar-refractivity contribution < 1.29 is 14.4 Å². The molecule has 8 nitrogen and oxygen atoms in total. The highest BCUT2D eigenvalue weighted by atomic mass is 16.2. The molecule has 0 radical (unpaired) electrons. The Kier molecular flexibility index (Phi) is 5.88. The van der Waals surface area contributed by atoms with Gasteiger partial charge in [-0.05, 0) is 61.7 Å². The Labute approximate surface area is 163 Å². The molecular formula is C20H23N5O3. The normalized spacial score (nSPS) is 12.8. The first-order chi connectivity index (χ1) is 13.4. The smallest absolute Gasteiger partial charge is 0.319 e. The summed E-state index contributed by atoms with van der Waals surface area (Å²) >= 11 is 0. The number of nitrogens with zero attached hydrogens (tertiary/aromatic N) is 2. The predicted molar refractivity (Wildman–Crippen MR) is 106 cm³/mol. The molecule has 28 heavy (non-hydrogen) atoms. The number of aryl methyl sites for hydroxylation is 1. The Morgan fingerprint density at radius 2 is 1.82 bits per heavy atom. The molecule has 0 saturated heterocycles. The van der Waals surface area contributed by atoms with Crippen LogP contribution < -0.4 is 16.0 Å². The number of rotatable bonds is 6. The summed E-state index contributed by atoms with van der Waals surface area (Å²) in [4.78, 5) is 41.8. The van der Waals surface area contributed by atoms with E-state index in [1.165, 1.54) is 4.90 Å². The molecule has 8 heteroatoms. The molecule has 3 rings (SSSR count). The van der Waals surface area contributed by atoms with Crippen molar-refractivity contribution in [3.8, 4) is 0 Å². The summed E-state index contributed by atoms with van der Waals surface area (Å²) in [6, 6.07) is 10.2. The van der Waals surface area contributed by atoms with E-state index in [9.17, 15) is 14.4 Å². The number of likely N-dealkylation sites (N-methyl/N-ethyl adjacent to an activating group) is 1. The lowest BCUT2D eigenvalue weighted by Gasteiger charge is -2.17. The monoisotopic (exact) mass is 381 g/mol. The zero-order valence-corrected chi connectivity index (χ0v) is 15.9. The van der Waals surface area contributed by atoms with E-state index in [0.29, 0.717) is 17.1 Å². The maximum absolute atomic E-state index is 12.5. The van der Waals surface area contributed by atoms with E-state index in [-0.39, 0.29) is 30.4 Å². The highest BCUT2D eigenvalue weighted by Gasteiger charge is 2.23. The summed E-state index contributed by atoms with van der Waals surface area (Å²) in [5.74, 6) is -0.170. The molecule has 1 aliphatic carbocycles. The fraction of sp³-hybridized carbons (Fsp3) is 0.300. The third-order valence-corrected chi connectivity index (χ3v) is 4.21. The number of carbonyl (C=O) groups is 3. The van der Waals surface area contributed by atoms with Crippen molar-refractivity contribution in [2.75, 3.05) is 24.2 Å². The highest BCUT2D eigenvalue weighted by Crippen LogP contribution is 2.19. The SMILES string of the molecule is Cc1ccnc(NC(=O)CN(C)C(=O)c2ccc(NC(=O)NC3CC3)cc2)c1. The van der Waals surface area contributed by atoms with E-state index in [1.54, 1.807) is 43.6 Å². The van der Waals surface area contributed by atoms with Crippen LogP contribution in [0.1, 0.15) is 28.8 Å². The first kappa shape index (κ1) is 19.3. The van der Waals surface area contributed by atoms with Gasteiger partial charge in [-0.1, -0.05) is 0 Å². The fourth-order valence-electron chi connectivity index (χ4n) is 2.57. The van der Waals surface area contributed by atoms with Crippen molar-refractivity contribution >= 4 is 29.4 Å². The van der Waals surface area contributed by atoms with Crippen LogP contribution in [0.25, 0.3) is 0 Å². The second-order valence-corrected chi connectivity index (χ2v) is 6.88. The van der Waals surface area contributed by atoms with Gasteiger partial charge in [-0.15, -0.1) is 0 Å². The van der Waals surface area contributed by atoms with Gasteiger partial charge in [0, 0.05) is 30.5 Å². The first-order valence-electron chi connectivity index (χ1n) is 9.06. The summed E-state index contributed by atoms with van der Waals surface area (Å²) in [6.07, 6.45) is 3.64. The summed E-state index contributed by atoms with van der Waals surface area (Å²) < 4.78 is 0. The van der Waals surface area contributed by atoms with Crippen molar-refractivity contribution in [3.05, 3.63) is 53.7 Å². The van der Waals surface area contributed by atoms with E-state index >= 15 is 0 Å². The van der Waals surface area contributed by atoms with Gasteiger partial charge < -0.3 is 20.9 Å². The molecule has 1 aromatic carbocycles. The largest absolute Gasteiger partial charge is 0.335 e. The van der Waals surface area contributed by atoms with Gasteiger partial charge in [-0.3, -0.25) is 9.59 Å². The maximum Gasteiger partial charge on any atom is 0.319 e. The molecule has 0 atom stereocenters. The van der Waals surface area contributed by atoms with Gasteiger partial charge >= 0.3 is 6.03 Å². The zero-order chi connectivity index (χ0) is 20.1. The van der Waals surface area contributed by atoms with Gasteiger partial charge in [-0.2, -0.15) is 0 Å². The van der Waals surface area contributed by atoms with Crippen LogP contribution in [-0.4, -0.2) is 47.4 Å². The van der Waals surface area contributed by atoms with Crippen LogP contribution in [0.15, 0.2) is 42.6 Å². The number of benzene rings is 1. The summed E-state index contributed by atoms with van der Waals surface area (Å²) in [5, 5.41) is 8.23. The Bertz CT molecular complexity index is 878. The van der Waals surface area contributed by atoms with Crippen LogP contribution in [0, 0.1) is 6.92 Å². The number of pyridine rings is 1. The number of nitrogens with one attached hydrogen (secondary N) is 3. The molecule has 2 aromatic rings. The van der Waals surface area contributed by atoms with Gasteiger partial charge in [-0.25, -0.2) is 9.78 Å².